The van der Waals surface area contributed by atoms with Crippen LogP contribution in [0.4, 0.5) is 0 Å². The molecule has 0 aliphatic carbocycles. The second-order valence-corrected chi connectivity index (χ2v) is 1.76. The zero-order chi connectivity index (χ0) is 6.32. The van der Waals surface area contributed by atoms with Gasteiger partial charge >= 0.3 is 6.03 Å². The molecule has 1 aliphatic rings. The van der Waals surface area contributed by atoms with Crippen molar-refractivity contribution in [3.05, 3.63) is 18.5 Å². The highest BCUT2D eigenvalue weighted by molar-refractivity contribution is 4.82. The molecule has 2 heterocycles. The Bertz CT molecular complexity index is 204. The predicted molar refractivity (Wildman–Crippen MR) is 26.6 cm³/mol. The molecule has 0 radical (unpaired) electrons. The molecule has 9 heavy (non-hydrogen) atoms. The summed E-state index contributed by atoms with van der Waals surface area (Å²) in [6.45, 7) is 0. The van der Waals surface area contributed by atoms with Gasteiger partial charge in [-0.1, -0.05) is 0 Å². The number of aliphatic hydroxyl groups is 1. The van der Waals surface area contributed by atoms with Gasteiger partial charge in [0.25, 0.3) is 0 Å². The van der Waals surface area contributed by atoms with E-state index in [1.54, 1.807) is 18.5 Å². The third kappa shape index (κ3) is 0.629. The summed E-state index contributed by atoms with van der Waals surface area (Å²) in [6, 6.07) is 0.324. The van der Waals surface area contributed by atoms with E-state index in [2.05, 4.69) is 15.4 Å². The average Bonchev–Trinajstić information content (AvgIpc) is 2.46. The third-order valence-electron chi connectivity index (χ3n) is 1.10. The molecule has 48 valence electrons. The fourth-order valence-electron chi connectivity index (χ4n) is 0.587. The highest BCUT2D eigenvalue weighted by atomic mass is 16.9. The lowest BCUT2D eigenvalue weighted by Crippen LogP contribution is -2.21. The molecule has 1 fully saturated rings. The van der Waals surface area contributed by atoms with Crippen molar-refractivity contribution in [1.82, 2.24) is 15.3 Å². The summed E-state index contributed by atoms with van der Waals surface area (Å²) >= 11 is 0. The maximum Gasteiger partial charge on any atom is 0.373 e. The molecular formula is C4H5N3O2. The average molecular weight is 127 g/mol. The number of nitrogens with one attached hydrogen (secondary N) is 1. The molecule has 1 saturated heterocycles. The van der Waals surface area contributed by atoms with Crippen LogP contribution in [-0.2, 0) is 10.9 Å². The Hall–Kier alpha value is -0.910. The van der Waals surface area contributed by atoms with E-state index < -0.39 is 6.03 Å². The van der Waals surface area contributed by atoms with E-state index in [0.717, 1.165) is 0 Å². The quantitative estimate of drug-likeness (QED) is 0.473. The third-order valence-corrected chi connectivity index (χ3v) is 1.10. The molecule has 1 aromatic rings. The predicted octanol–water partition coefficient (Wildman–Crippen LogP) is -1.02. The molecule has 0 bridgehead atoms. The topological polar surface area (TPSA) is 72.5 Å². The molecule has 0 amide bonds. The number of hydrogen-bond acceptors (Lipinski definition) is 4. The first kappa shape index (κ1) is 4.92. The molecule has 1 aromatic heterocycles. The second-order valence-electron chi connectivity index (χ2n) is 1.76. The van der Waals surface area contributed by atoms with Crippen molar-refractivity contribution < 1.29 is 9.94 Å². The minimum absolute atomic E-state index is 1.27. The van der Waals surface area contributed by atoms with Gasteiger partial charge < -0.3 is 5.11 Å². The van der Waals surface area contributed by atoms with Gasteiger partial charge in [-0.05, 0) is 6.07 Å². The Morgan fingerprint density at radius 1 is 1.78 bits per heavy atom. The summed E-state index contributed by atoms with van der Waals surface area (Å²) in [5.41, 5.74) is 2.27. The van der Waals surface area contributed by atoms with Crippen LogP contribution in [0.15, 0.2) is 18.5 Å². The summed E-state index contributed by atoms with van der Waals surface area (Å²) in [5.74, 6) is 0. The molecule has 5 nitrogen and oxygen atoms in total. The van der Waals surface area contributed by atoms with Gasteiger partial charge in [0.05, 0.1) is 0 Å². The smallest absolute Gasteiger partial charge is 0.332 e. The fraction of sp³-hybridized carbons (Fsp3) is 0.250. The first-order valence-corrected chi connectivity index (χ1v) is 2.49. The van der Waals surface area contributed by atoms with E-state index in [-0.39, 0.29) is 0 Å². The van der Waals surface area contributed by atoms with Gasteiger partial charge in [0.1, 0.15) is 0 Å². The van der Waals surface area contributed by atoms with Crippen LogP contribution in [0.5, 0.6) is 0 Å². The van der Waals surface area contributed by atoms with Crippen molar-refractivity contribution in [3.63, 3.8) is 0 Å². The Balaban J connectivity index is 2.34. The molecule has 2 rings (SSSR count). The number of hydroxylamine groups is 1. The van der Waals surface area contributed by atoms with Gasteiger partial charge in [0, 0.05) is 12.4 Å². The number of aromatic nitrogens is 2. The summed E-state index contributed by atoms with van der Waals surface area (Å²) in [6.07, 6.45) is 3.15. The molecule has 0 aromatic carbocycles. The molecule has 1 aliphatic heterocycles. The number of rotatable bonds is 1. The highest BCUT2D eigenvalue weighted by Gasteiger charge is 2.46. The lowest BCUT2D eigenvalue weighted by molar-refractivity contribution is -0.0456. The van der Waals surface area contributed by atoms with Crippen LogP contribution in [0.1, 0.15) is 0 Å². The van der Waals surface area contributed by atoms with E-state index in [9.17, 15) is 0 Å². The molecule has 1 unspecified atom stereocenters. The van der Waals surface area contributed by atoms with Gasteiger partial charge in [0.2, 0.25) is 0 Å². The molecule has 2 N–H and O–H groups in total. The summed E-state index contributed by atoms with van der Waals surface area (Å²) < 4.78 is 1.27. The van der Waals surface area contributed by atoms with E-state index >= 15 is 0 Å². The van der Waals surface area contributed by atoms with Crippen molar-refractivity contribution in [2.45, 2.75) is 6.03 Å². The molecule has 5 heteroatoms. The summed E-state index contributed by atoms with van der Waals surface area (Å²) in [4.78, 5) is 4.45. The minimum atomic E-state index is -1.37. The van der Waals surface area contributed by atoms with Crippen molar-refractivity contribution in [2.75, 3.05) is 0 Å². The largest absolute Gasteiger partial charge is 0.373 e. The van der Waals surface area contributed by atoms with E-state index in [4.69, 9.17) is 5.11 Å². The first-order valence-electron chi connectivity index (χ1n) is 2.49. The summed E-state index contributed by atoms with van der Waals surface area (Å²) in [7, 11) is 0. The monoisotopic (exact) mass is 127 g/mol. The van der Waals surface area contributed by atoms with Crippen LogP contribution in [0.3, 0.4) is 0 Å². The maximum atomic E-state index is 9.06. The molecule has 1 atom stereocenters. The van der Waals surface area contributed by atoms with Crippen molar-refractivity contribution >= 4 is 0 Å². The number of nitrogens with zero attached hydrogens (tertiary/aromatic N) is 2. The van der Waals surface area contributed by atoms with E-state index in [1.165, 1.54) is 4.68 Å². The fourth-order valence-corrected chi connectivity index (χ4v) is 0.587. The molecule has 0 spiro atoms. The Labute approximate surface area is 50.8 Å². The van der Waals surface area contributed by atoms with Crippen LogP contribution in [-0.4, -0.2) is 14.9 Å². The van der Waals surface area contributed by atoms with Crippen LogP contribution >= 0.6 is 0 Å². The zero-order valence-electron chi connectivity index (χ0n) is 4.48. The SMILES string of the molecule is OC1(n2cccn2)NO1. The van der Waals surface area contributed by atoms with Crippen LogP contribution in [0, 0.1) is 0 Å². The highest BCUT2D eigenvalue weighted by Crippen LogP contribution is 2.19. The van der Waals surface area contributed by atoms with Crippen molar-refractivity contribution in [2.24, 2.45) is 0 Å². The van der Waals surface area contributed by atoms with Gasteiger partial charge in [0.15, 0.2) is 0 Å². The van der Waals surface area contributed by atoms with Crippen LogP contribution < -0.4 is 5.48 Å². The normalized spacial score (nSPS) is 32.6. The van der Waals surface area contributed by atoms with Gasteiger partial charge in [-0.3, -0.25) is 0 Å². The molecule has 0 saturated carbocycles. The minimum Gasteiger partial charge on any atom is -0.332 e. The van der Waals surface area contributed by atoms with Crippen LogP contribution in [0.2, 0.25) is 0 Å². The van der Waals surface area contributed by atoms with E-state index in [1.807, 2.05) is 0 Å². The summed E-state index contributed by atoms with van der Waals surface area (Å²) in [5, 5.41) is 12.8. The second kappa shape index (κ2) is 1.32. The van der Waals surface area contributed by atoms with Gasteiger partial charge in [-0.25, -0.2) is 4.84 Å². The van der Waals surface area contributed by atoms with E-state index in [0.29, 0.717) is 0 Å². The van der Waals surface area contributed by atoms with Gasteiger partial charge in [-0.15, -0.1) is 5.48 Å². The standard InChI is InChI=1S/C4H5N3O2/c8-4(6-9-4)7-3-1-2-5-7/h1-3,6,8H. The van der Waals surface area contributed by atoms with Gasteiger partial charge in [-0.2, -0.15) is 9.78 Å². The zero-order valence-corrected chi connectivity index (χ0v) is 4.48. The van der Waals surface area contributed by atoms with Crippen molar-refractivity contribution in [3.8, 4) is 0 Å². The van der Waals surface area contributed by atoms with Crippen molar-refractivity contribution in [1.29, 1.82) is 0 Å². The number of hydrogen-bond donors (Lipinski definition) is 2. The first-order chi connectivity index (χ1) is 4.31. The van der Waals surface area contributed by atoms with Crippen LogP contribution in [0.25, 0.3) is 0 Å². The Morgan fingerprint density at radius 3 is 3.00 bits per heavy atom. The Kier molecular flexibility index (Phi) is 0.724. The molecular weight excluding hydrogens is 122 g/mol. The lowest BCUT2D eigenvalue weighted by atomic mass is 10.7. The maximum absolute atomic E-state index is 9.06. The lowest BCUT2D eigenvalue weighted by Gasteiger charge is -1.98. The Morgan fingerprint density at radius 2 is 2.56 bits per heavy atom.